The number of halogens is 3. The normalized spacial score (nSPS) is 12.4. The molecule has 1 aromatic carbocycles. The zero-order valence-electron chi connectivity index (χ0n) is 11.7. The molecule has 1 unspecified atom stereocenters. The molecule has 2 rings (SSSR count). The van der Waals surface area contributed by atoms with E-state index in [2.05, 4.69) is 17.2 Å². The van der Waals surface area contributed by atoms with Gasteiger partial charge in [0.25, 0.3) is 0 Å². The molecular formula is C16H17ClF2N2. The lowest BCUT2D eigenvalue weighted by Gasteiger charge is -2.18. The Morgan fingerprint density at radius 3 is 2.67 bits per heavy atom. The Labute approximate surface area is 128 Å². The number of nitrogens with zero attached hydrogens (tertiary/aromatic N) is 1. The van der Waals surface area contributed by atoms with Crippen molar-refractivity contribution < 1.29 is 8.78 Å². The van der Waals surface area contributed by atoms with Gasteiger partial charge >= 0.3 is 0 Å². The van der Waals surface area contributed by atoms with E-state index in [0.717, 1.165) is 24.2 Å². The van der Waals surface area contributed by atoms with Crippen molar-refractivity contribution in [3.05, 3.63) is 64.4 Å². The second-order valence-corrected chi connectivity index (χ2v) is 5.27. The predicted molar refractivity (Wildman–Crippen MR) is 80.3 cm³/mol. The minimum Gasteiger partial charge on any atom is -0.308 e. The van der Waals surface area contributed by atoms with Gasteiger partial charge in [-0.25, -0.2) is 8.78 Å². The minimum atomic E-state index is -0.432. The van der Waals surface area contributed by atoms with E-state index < -0.39 is 5.82 Å². The number of rotatable bonds is 6. The molecule has 0 aliphatic carbocycles. The summed E-state index contributed by atoms with van der Waals surface area (Å²) in [5.74, 6) is -0.795. The second kappa shape index (κ2) is 7.48. The average Bonchev–Trinajstić information content (AvgIpc) is 2.48. The first-order valence-corrected chi connectivity index (χ1v) is 7.26. The third-order valence-corrected chi connectivity index (χ3v) is 3.46. The van der Waals surface area contributed by atoms with Crippen LogP contribution in [0.2, 0.25) is 5.02 Å². The number of hydrogen-bond acceptors (Lipinski definition) is 2. The van der Waals surface area contributed by atoms with Crippen molar-refractivity contribution >= 4 is 11.6 Å². The first-order chi connectivity index (χ1) is 10.1. The van der Waals surface area contributed by atoms with Crippen LogP contribution < -0.4 is 5.32 Å². The highest BCUT2D eigenvalue weighted by Crippen LogP contribution is 2.21. The van der Waals surface area contributed by atoms with E-state index in [0.29, 0.717) is 6.42 Å². The van der Waals surface area contributed by atoms with E-state index in [9.17, 15) is 8.78 Å². The highest BCUT2D eigenvalue weighted by molar-refractivity contribution is 6.30. The molecule has 1 atom stereocenters. The van der Waals surface area contributed by atoms with E-state index in [1.54, 1.807) is 18.2 Å². The van der Waals surface area contributed by atoms with E-state index in [4.69, 9.17) is 11.6 Å². The van der Waals surface area contributed by atoms with Gasteiger partial charge in [-0.15, -0.1) is 0 Å². The number of aromatic nitrogens is 1. The highest BCUT2D eigenvalue weighted by Gasteiger charge is 2.14. The van der Waals surface area contributed by atoms with Crippen LogP contribution in [0, 0.1) is 11.6 Å². The maximum absolute atomic E-state index is 13.2. The zero-order chi connectivity index (χ0) is 15.2. The number of nitrogens with one attached hydrogen (secondary N) is 1. The lowest BCUT2D eigenvalue weighted by atomic mass is 10.0. The molecule has 5 heteroatoms. The summed E-state index contributed by atoms with van der Waals surface area (Å²) in [4.78, 5) is 4.12. The van der Waals surface area contributed by atoms with Crippen molar-refractivity contribution in [2.45, 2.75) is 25.8 Å². The molecule has 1 aromatic heterocycles. The first kappa shape index (κ1) is 15.9. The van der Waals surface area contributed by atoms with Crippen LogP contribution >= 0.6 is 11.6 Å². The van der Waals surface area contributed by atoms with Gasteiger partial charge in [-0.1, -0.05) is 24.6 Å². The van der Waals surface area contributed by atoms with E-state index >= 15 is 0 Å². The quantitative estimate of drug-likeness (QED) is 0.860. The molecule has 0 amide bonds. The summed E-state index contributed by atoms with van der Waals surface area (Å²) in [7, 11) is 0. The molecule has 0 bridgehead atoms. The summed E-state index contributed by atoms with van der Waals surface area (Å²) in [5, 5.41) is 3.47. The van der Waals surface area contributed by atoms with Crippen LogP contribution in [0.15, 0.2) is 36.5 Å². The smallest absolute Gasteiger partial charge is 0.141 e. The van der Waals surface area contributed by atoms with E-state index in [1.807, 2.05) is 0 Å². The maximum Gasteiger partial charge on any atom is 0.141 e. The Balaban J connectivity index is 2.19. The second-order valence-electron chi connectivity index (χ2n) is 4.86. The van der Waals surface area contributed by atoms with Gasteiger partial charge in [0.05, 0.1) is 23.0 Å². The summed E-state index contributed by atoms with van der Waals surface area (Å²) >= 11 is 5.81. The van der Waals surface area contributed by atoms with Crippen LogP contribution in [0.3, 0.4) is 0 Å². The summed E-state index contributed by atoms with van der Waals surface area (Å²) in [6.45, 7) is 2.88. The van der Waals surface area contributed by atoms with E-state index in [-0.39, 0.29) is 16.9 Å². The van der Waals surface area contributed by atoms with Crippen LogP contribution in [0.1, 0.15) is 30.6 Å². The van der Waals surface area contributed by atoms with Crippen LogP contribution in [0.25, 0.3) is 0 Å². The van der Waals surface area contributed by atoms with Gasteiger partial charge < -0.3 is 5.32 Å². The molecule has 0 aliphatic rings. The molecule has 1 heterocycles. The van der Waals surface area contributed by atoms with Crippen molar-refractivity contribution in [3.63, 3.8) is 0 Å². The zero-order valence-corrected chi connectivity index (χ0v) is 12.5. The third kappa shape index (κ3) is 4.48. The fourth-order valence-corrected chi connectivity index (χ4v) is 2.30. The largest absolute Gasteiger partial charge is 0.308 e. The molecule has 0 saturated carbocycles. The summed E-state index contributed by atoms with van der Waals surface area (Å²) in [6, 6.07) is 7.65. The van der Waals surface area contributed by atoms with Crippen molar-refractivity contribution in [3.8, 4) is 0 Å². The topological polar surface area (TPSA) is 24.9 Å². The van der Waals surface area contributed by atoms with Crippen molar-refractivity contribution in [2.75, 3.05) is 6.54 Å². The number of pyridine rings is 1. The van der Waals surface area contributed by atoms with Gasteiger partial charge in [0, 0.05) is 0 Å². The van der Waals surface area contributed by atoms with Gasteiger partial charge in [-0.2, -0.15) is 0 Å². The van der Waals surface area contributed by atoms with Gasteiger partial charge in [0.2, 0.25) is 0 Å². The fraction of sp³-hybridized carbons (Fsp3) is 0.312. The highest BCUT2D eigenvalue weighted by atomic mass is 35.5. The molecule has 112 valence electrons. The third-order valence-electron chi connectivity index (χ3n) is 3.17. The molecule has 0 radical (unpaired) electrons. The molecule has 2 nitrogen and oxygen atoms in total. The predicted octanol–water partition coefficient (Wildman–Crippen LogP) is 4.30. The molecule has 0 spiro atoms. The maximum atomic E-state index is 13.2. The van der Waals surface area contributed by atoms with Crippen LogP contribution in [-0.2, 0) is 6.42 Å². The molecular weight excluding hydrogens is 294 g/mol. The first-order valence-electron chi connectivity index (χ1n) is 6.89. The van der Waals surface area contributed by atoms with Crippen LogP contribution in [-0.4, -0.2) is 11.5 Å². The van der Waals surface area contributed by atoms with Crippen molar-refractivity contribution in [1.29, 1.82) is 0 Å². The van der Waals surface area contributed by atoms with Crippen LogP contribution in [0.4, 0.5) is 8.78 Å². The Hall–Kier alpha value is -1.52. The molecule has 0 aliphatic heterocycles. The fourth-order valence-electron chi connectivity index (χ4n) is 2.10. The molecule has 21 heavy (non-hydrogen) atoms. The standard InChI is InChI=1S/C16H17ClF2N2/c1-2-7-20-16(15-6-4-12(18)10-21-15)9-11-3-5-14(19)13(17)8-11/h3-6,8,10,16,20H,2,7,9H2,1H3. The molecule has 0 saturated heterocycles. The Bertz CT molecular complexity index is 587. The van der Waals surface area contributed by atoms with Crippen LogP contribution in [0.5, 0.6) is 0 Å². The lowest BCUT2D eigenvalue weighted by Crippen LogP contribution is -2.25. The molecule has 2 aromatic rings. The summed E-state index contributed by atoms with van der Waals surface area (Å²) < 4.78 is 26.2. The minimum absolute atomic E-state index is 0.0629. The SMILES string of the molecule is CCCNC(Cc1ccc(F)c(Cl)c1)c1ccc(F)cn1. The molecule has 1 N–H and O–H groups in total. The monoisotopic (exact) mass is 310 g/mol. The number of hydrogen-bond donors (Lipinski definition) is 1. The summed E-state index contributed by atoms with van der Waals surface area (Å²) in [5.41, 5.74) is 1.66. The van der Waals surface area contributed by atoms with Crippen molar-refractivity contribution in [1.82, 2.24) is 10.3 Å². The summed E-state index contributed by atoms with van der Waals surface area (Å²) in [6.07, 6.45) is 2.79. The van der Waals surface area contributed by atoms with Gasteiger partial charge in [-0.3, -0.25) is 4.98 Å². The van der Waals surface area contributed by atoms with E-state index in [1.165, 1.54) is 18.3 Å². The average molecular weight is 311 g/mol. The van der Waals surface area contributed by atoms with Gasteiger partial charge in [0.1, 0.15) is 11.6 Å². The molecule has 0 fully saturated rings. The Morgan fingerprint density at radius 1 is 1.24 bits per heavy atom. The Kier molecular flexibility index (Phi) is 5.65. The Morgan fingerprint density at radius 2 is 2.05 bits per heavy atom. The van der Waals surface area contributed by atoms with Gasteiger partial charge in [-0.05, 0) is 49.2 Å². The lowest BCUT2D eigenvalue weighted by molar-refractivity contribution is 0.513. The van der Waals surface area contributed by atoms with Crippen molar-refractivity contribution in [2.24, 2.45) is 0 Å². The number of benzene rings is 1. The van der Waals surface area contributed by atoms with Gasteiger partial charge in [0.15, 0.2) is 0 Å².